The Balaban J connectivity index is 1.47. The smallest absolute Gasteiger partial charge is 0.326 e. The molecule has 0 spiro atoms. The summed E-state index contributed by atoms with van der Waals surface area (Å²) >= 11 is 6.34. The topological polar surface area (TPSA) is 85.3 Å². The lowest BCUT2D eigenvalue weighted by atomic mass is 10.0. The van der Waals surface area contributed by atoms with E-state index in [1.165, 1.54) is 0 Å². The second-order valence-electron chi connectivity index (χ2n) is 8.11. The highest BCUT2D eigenvalue weighted by atomic mass is 35.5. The average molecular weight is 454 g/mol. The van der Waals surface area contributed by atoms with Gasteiger partial charge >= 0.3 is 5.69 Å². The Morgan fingerprint density at radius 1 is 1.03 bits per heavy atom. The van der Waals surface area contributed by atoms with E-state index in [0.717, 1.165) is 59.1 Å². The van der Waals surface area contributed by atoms with Gasteiger partial charge < -0.3 is 19.4 Å². The molecule has 5 rings (SSSR count). The normalized spacial score (nSPS) is 14.9. The van der Waals surface area contributed by atoms with Gasteiger partial charge in [-0.3, -0.25) is 4.57 Å². The third kappa shape index (κ3) is 3.35. The van der Waals surface area contributed by atoms with Crippen LogP contribution in [0.3, 0.4) is 0 Å². The molecule has 1 aliphatic heterocycles. The number of halogens is 1. The van der Waals surface area contributed by atoms with Crippen LogP contribution >= 0.6 is 11.6 Å². The van der Waals surface area contributed by atoms with E-state index < -0.39 is 0 Å². The van der Waals surface area contributed by atoms with Gasteiger partial charge in [0.05, 0.1) is 25.3 Å². The van der Waals surface area contributed by atoms with Gasteiger partial charge in [-0.1, -0.05) is 17.7 Å². The van der Waals surface area contributed by atoms with Crippen molar-refractivity contribution in [2.75, 3.05) is 32.2 Å². The fraction of sp³-hybridized carbons (Fsp3) is 0.348. The Labute approximate surface area is 189 Å². The van der Waals surface area contributed by atoms with Crippen LogP contribution in [0.2, 0.25) is 5.15 Å². The highest BCUT2D eigenvalue weighted by molar-refractivity contribution is 6.34. The number of rotatable bonds is 4. The first-order valence-corrected chi connectivity index (χ1v) is 10.9. The lowest BCUT2D eigenvalue weighted by Crippen LogP contribution is -2.37. The number of nitrogens with zero attached hydrogens (tertiary/aromatic N) is 4. The van der Waals surface area contributed by atoms with Crippen molar-refractivity contribution in [2.24, 2.45) is 0 Å². The Morgan fingerprint density at radius 2 is 1.72 bits per heavy atom. The second kappa shape index (κ2) is 8.02. The van der Waals surface area contributed by atoms with Crippen LogP contribution in [0.15, 0.2) is 35.1 Å². The molecule has 1 saturated heterocycles. The largest absolute Gasteiger partial charge is 0.493 e. The summed E-state index contributed by atoms with van der Waals surface area (Å²) in [5, 5.41) is 10.5. The first-order valence-electron chi connectivity index (χ1n) is 10.5. The highest BCUT2D eigenvalue weighted by Crippen LogP contribution is 2.39. The standard InChI is InChI=1S/C23H24ClN5O3/c1-13-4-5-18-17(10-13)25-23(30)29(18)14-6-8-28(9-7-14)22-16-12-20(32-3)19(31-2)11-15(16)21(24)26-27-22/h4-5,10-12,14H,6-9H2,1-3H3,(H,25,30). The van der Waals surface area contributed by atoms with Crippen molar-refractivity contribution < 1.29 is 9.47 Å². The van der Waals surface area contributed by atoms with Crippen molar-refractivity contribution in [1.82, 2.24) is 19.7 Å². The Kier molecular flexibility index (Phi) is 5.17. The van der Waals surface area contributed by atoms with E-state index in [1.807, 2.05) is 41.8 Å². The molecule has 0 bridgehead atoms. The summed E-state index contributed by atoms with van der Waals surface area (Å²) in [5.74, 6) is 1.96. The van der Waals surface area contributed by atoms with Gasteiger partial charge in [-0.15, -0.1) is 10.2 Å². The summed E-state index contributed by atoms with van der Waals surface area (Å²) in [6, 6.07) is 9.92. The summed E-state index contributed by atoms with van der Waals surface area (Å²) in [5.41, 5.74) is 2.90. The maximum absolute atomic E-state index is 12.7. The zero-order valence-electron chi connectivity index (χ0n) is 18.2. The van der Waals surface area contributed by atoms with Crippen LogP contribution in [0.1, 0.15) is 24.4 Å². The Morgan fingerprint density at radius 3 is 2.41 bits per heavy atom. The maximum Gasteiger partial charge on any atom is 0.326 e. The molecule has 32 heavy (non-hydrogen) atoms. The molecule has 9 heteroatoms. The zero-order valence-corrected chi connectivity index (χ0v) is 18.9. The van der Waals surface area contributed by atoms with Gasteiger partial charge in [0.25, 0.3) is 0 Å². The summed E-state index contributed by atoms with van der Waals surface area (Å²) in [7, 11) is 3.19. The number of aromatic amines is 1. The molecule has 1 fully saturated rings. The number of imidazole rings is 1. The number of aryl methyl sites for hydroxylation is 1. The van der Waals surface area contributed by atoms with Gasteiger partial charge in [0.2, 0.25) is 0 Å². The highest BCUT2D eigenvalue weighted by Gasteiger charge is 2.26. The zero-order chi connectivity index (χ0) is 22.4. The molecule has 2 aromatic carbocycles. The molecular weight excluding hydrogens is 430 g/mol. The summed E-state index contributed by atoms with van der Waals surface area (Å²) in [6.07, 6.45) is 1.64. The second-order valence-corrected chi connectivity index (χ2v) is 8.46. The van der Waals surface area contributed by atoms with Gasteiger partial charge in [0, 0.05) is 29.9 Å². The molecule has 0 amide bonds. The van der Waals surface area contributed by atoms with Crippen molar-refractivity contribution in [1.29, 1.82) is 0 Å². The van der Waals surface area contributed by atoms with E-state index in [9.17, 15) is 4.79 Å². The fourth-order valence-electron chi connectivity index (χ4n) is 4.61. The van der Waals surface area contributed by atoms with Crippen LogP contribution in [0.25, 0.3) is 21.8 Å². The summed E-state index contributed by atoms with van der Waals surface area (Å²) < 4.78 is 12.8. The number of hydrogen-bond acceptors (Lipinski definition) is 6. The Bertz CT molecular complexity index is 1370. The Hall–Kier alpha value is -3.26. The molecule has 0 aliphatic carbocycles. The van der Waals surface area contributed by atoms with E-state index in [-0.39, 0.29) is 11.7 Å². The molecule has 4 aromatic rings. The number of fused-ring (bicyclic) bond motifs is 2. The predicted molar refractivity (Wildman–Crippen MR) is 125 cm³/mol. The first-order chi connectivity index (χ1) is 15.5. The van der Waals surface area contributed by atoms with E-state index in [1.54, 1.807) is 14.2 Å². The first kappa shape index (κ1) is 20.6. The third-order valence-corrected chi connectivity index (χ3v) is 6.50. The van der Waals surface area contributed by atoms with Gasteiger partial charge in [0.15, 0.2) is 22.5 Å². The van der Waals surface area contributed by atoms with Crippen LogP contribution < -0.4 is 20.1 Å². The van der Waals surface area contributed by atoms with Crippen LogP contribution in [-0.4, -0.2) is 47.1 Å². The number of nitrogens with one attached hydrogen (secondary N) is 1. The number of methoxy groups -OCH3 is 2. The fourth-order valence-corrected chi connectivity index (χ4v) is 4.80. The molecule has 0 unspecified atom stereocenters. The number of ether oxygens (including phenoxy) is 2. The molecule has 166 valence electrons. The van der Waals surface area contributed by atoms with Crippen molar-refractivity contribution in [3.05, 3.63) is 51.5 Å². The van der Waals surface area contributed by atoms with Crippen molar-refractivity contribution in [2.45, 2.75) is 25.8 Å². The van der Waals surface area contributed by atoms with Crippen molar-refractivity contribution in [3.63, 3.8) is 0 Å². The molecule has 2 aromatic heterocycles. The SMILES string of the molecule is COc1cc2c(Cl)nnc(N3CCC(n4c(=O)[nH]c5cc(C)ccc54)CC3)c2cc1OC. The molecule has 1 N–H and O–H groups in total. The van der Waals surface area contributed by atoms with Crippen LogP contribution in [-0.2, 0) is 0 Å². The molecule has 0 atom stereocenters. The van der Waals surface area contributed by atoms with Gasteiger partial charge in [-0.25, -0.2) is 4.79 Å². The maximum atomic E-state index is 12.7. The van der Waals surface area contributed by atoms with Crippen LogP contribution in [0, 0.1) is 6.92 Å². The van der Waals surface area contributed by atoms with Crippen LogP contribution in [0.5, 0.6) is 11.5 Å². The average Bonchev–Trinajstić information content (AvgIpc) is 3.13. The molecule has 1 aliphatic rings. The van der Waals surface area contributed by atoms with E-state index in [2.05, 4.69) is 20.1 Å². The lowest BCUT2D eigenvalue weighted by molar-refractivity contribution is 0.356. The number of hydrogen-bond donors (Lipinski definition) is 1. The predicted octanol–water partition coefficient (Wildman–Crippen LogP) is 4.09. The van der Waals surface area contributed by atoms with E-state index in [0.29, 0.717) is 16.7 Å². The minimum absolute atomic E-state index is 0.0578. The quantitative estimate of drug-likeness (QED) is 0.501. The van der Waals surface area contributed by atoms with E-state index >= 15 is 0 Å². The molecule has 0 radical (unpaired) electrons. The molecular formula is C23H24ClN5O3. The van der Waals surface area contributed by atoms with Crippen LogP contribution in [0.4, 0.5) is 5.82 Å². The lowest BCUT2D eigenvalue weighted by Gasteiger charge is -2.33. The minimum Gasteiger partial charge on any atom is -0.493 e. The molecule has 3 heterocycles. The number of aromatic nitrogens is 4. The number of benzene rings is 2. The van der Waals surface area contributed by atoms with Crippen molar-refractivity contribution in [3.8, 4) is 11.5 Å². The van der Waals surface area contributed by atoms with E-state index in [4.69, 9.17) is 21.1 Å². The molecule has 0 saturated carbocycles. The van der Waals surface area contributed by atoms with Crippen molar-refractivity contribution >= 4 is 39.2 Å². The molecule has 8 nitrogen and oxygen atoms in total. The number of piperidine rings is 1. The minimum atomic E-state index is -0.0578. The number of anilines is 1. The van der Waals surface area contributed by atoms with Gasteiger partial charge in [-0.05, 0) is 49.6 Å². The third-order valence-electron chi connectivity index (χ3n) is 6.22. The monoisotopic (exact) mass is 453 g/mol. The summed E-state index contributed by atoms with van der Waals surface area (Å²) in [6.45, 7) is 3.51. The number of H-pyrrole nitrogens is 1. The van der Waals surface area contributed by atoms with Gasteiger partial charge in [-0.2, -0.15) is 0 Å². The summed E-state index contributed by atoms with van der Waals surface area (Å²) in [4.78, 5) is 17.9. The van der Waals surface area contributed by atoms with Gasteiger partial charge in [0.1, 0.15) is 0 Å².